The highest BCUT2D eigenvalue weighted by Gasteiger charge is 2.15. The van der Waals surface area contributed by atoms with E-state index in [2.05, 4.69) is 0 Å². The molecule has 2 aromatic carbocycles. The standard InChI is InChI=1S/C19H22N4O3/c1-3-22(20)18(25)15-9-5-13(6-10-15)17(24)14-7-11-16(12-8-14)19(26)23(21)4-2/h5-12H,3-4,20-21H2,1-2H3. The molecule has 136 valence electrons. The highest BCUT2D eigenvalue weighted by molar-refractivity contribution is 6.09. The molecule has 26 heavy (non-hydrogen) atoms. The van der Waals surface area contributed by atoms with Crippen LogP contribution in [0.15, 0.2) is 48.5 Å². The summed E-state index contributed by atoms with van der Waals surface area (Å²) in [4.78, 5) is 36.5. The van der Waals surface area contributed by atoms with Crippen LogP contribution in [-0.4, -0.2) is 40.7 Å². The third-order valence-electron chi connectivity index (χ3n) is 3.99. The molecule has 7 nitrogen and oxygen atoms in total. The van der Waals surface area contributed by atoms with Crippen LogP contribution in [0, 0.1) is 0 Å². The molecule has 0 spiro atoms. The fraction of sp³-hybridized carbons (Fsp3) is 0.211. The largest absolute Gasteiger partial charge is 0.289 e. The normalized spacial score (nSPS) is 10.3. The van der Waals surface area contributed by atoms with E-state index in [1.165, 1.54) is 0 Å². The Labute approximate surface area is 152 Å². The maximum absolute atomic E-state index is 12.5. The molecule has 0 atom stereocenters. The first-order chi connectivity index (χ1) is 12.4. The number of nitrogens with zero attached hydrogens (tertiary/aromatic N) is 2. The second-order valence-corrected chi connectivity index (χ2v) is 5.67. The minimum Gasteiger partial charge on any atom is -0.289 e. The molecule has 0 fully saturated rings. The predicted molar refractivity (Wildman–Crippen MR) is 98.1 cm³/mol. The van der Waals surface area contributed by atoms with E-state index in [1.54, 1.807) is 62.4 Å². The van der Waals surface area contributed by atoms with Crippen molar-refractivity contribution in [3.8, 4) is 0 Å². The van der Waals surface area contributed by atoms with E-state index >= 15 is 0 Å². The maximum Gasteiger partial charge on any atom is 0.267 e. The highest BCUT2D eigenvalue weighted by atomic mass is 16.2. The Balaban J connectivity index is 2.16. The summed E-state index contributed by atoms with van der Waals surface area (Å²) in [5.74, 6) is 10.3. The molecule has 0 aliphatic rings. The number of amides is 2. The molecule has 0 aliphatic carbocycles. The van der Waals surface area contributed by atoms with Crippen LogP contribution in [0.5, 0.6) is 0 Å². The van der Waals surface area contributed by atoms with Crippen LogP contribution in [0.2, 0.25) is 0 Å². The van der Waals surface area contributed by atoms with Gasteiger partial charge in [0.1, 0.15) is 0 Å². The number of carbonyl (C=O) groups excluding carboxylic acids is 3. The van der Waals surface area contributed by atoms with Crippen molar-refractivity contribution in [2.75, 3.05) is 13.1 Å². The summed E-state index contributed by atoms with van der Waals surface area (Å²) >= 11 is 0. The fourth-order valence-corrected chi connectivity index (χ4v) is 2.31. The fourth-order valence-electron chi connectivity index (χ4n) is 2.31. The number of hydrazine groups is 2. The van der Waals surface area contributed by atoms with E-state index < -0.39 is 0 Å². The molecule has 0 heterocycles. The molecule has 0 aromatic heterocycles. The van der Waals surface area contributed by atoms with Crippen molar-refractivity contribution in [3.63, 3.8) is 0 Å². The van der Waals surface area contributed by atoms with Gasteiger partial charge in [-0.25, -0.2) is 11.7 Å². The Kier molecular flexibility index (Phi) is 6.21. The van der Waals surface area contributed by atoms with Gasteiger partial charge in [0.15, 0.2) is 5.78 Å². The number of rotatable bonds is 6. The van der Waals surface area contributed by atoms with E-state index in [1.807, 2.05) is 0 Å². The average Bonchev–Trinajstić information content (AvgIpc) is 2.71. The van der Waals surface area contributed by atoms with Crippen molar-refractivity contribution < 1.29 is 14.4 Å². The molecule has 2 aromatic rings. The molecular formula is C19H22N4O3. The van der Waals surface area contributed by atoms with Gasteiger partial charge in [-0.15, -0.1) is 0 Å². The van der Waals surface area contributed by atoms with Gasteiger partial charge in [-0.2, -0.15) is 0 Å². The molecule has 4 N–H and O–H groups in total. The number of carbonyl (C=O) groups is 3. The van der Waals surface area contributed by atoms with E-state index in [0.717, 1.165) is 10.0 Å². The summed E-state index contributed by atoms with van der Waals surface area (Å²) in [7, 11) is 0. The first kappa shape index (κ1) is 19.3. The molecule has 0 saturated carbocycles. The molecule has 2 rings (SSSR count). The summed E-state index contributed by atoms with van der Waals surface area (Å²) < 4.78 is 0. The van der Waals surface area contributed by atoms with Crippen LogP contribution in [0.1, 0.15) is 50.5 Å². The van der Waals surface area contributed by atoms with Crippen molar-refractivity contribution in [1.29, 1.82) is 0 Å². The van der Waals surface area contributed by atoms with Gasteiger partial charge in [0, 0.05) is 35.3 Å². The van der Waals surface area contributed by atoms with Gasteiger partial charge in [0.05, 0.1) is 0 Å². The van der Waals surface area contributed by atoms with Crippen LogP contribution >= 0.6 is 0 Å². The van der Waals surface area contributed by atoms with Gasteiger partial charge in [0.2, 0.25) is 0 Å². The quantitative estimate of drug-likeness (QED) is 0.354. The number of ketones is 1. The first-order valence-corrected chi connectivity index (χ1v) is 8.27. The average molecular weight is 354 g/mol. The van der Waals surface area contributed by atoms with Gasteiger partial charge in [-0.1, -0.05) is 24.3 Å². The Hall–Kier alpha value is -3.03. The first-order valence-electron chi connectivity index (χ1n) is 8.27. The zero-order valence-corrected chi connectivity index (χ0v) is 14.8. The predicted octanol–water partition coefficient (Wildman–Crippen LogP) is 1.59. The lowest BCUT2D eigenvalue weighted by molar-refractivity contribution is 0.0757. The summed E-state index contributed by atoms with van der Waals surface area (Å²) in [6.07, 6.45) is 0. The molecule has 2 amide bonds. The monoisotopic (exact) mass is 354 g/mol. The van der Waals surface area contributed by atoms with Crippen molar-refractivity contribution >= 4 is 17.6 Å². The van der Waals surface area contributed by atoms with Gasteiger partial charge < -0.3 is 0 Å². The van der Waals surface area contributed by atoms with Crippen LogP contribution in [0.25, 0.3) is 0 Å². The Morgan fingerprint density at radius 3 is 1.19 bits per heavy atom. The van der Waals surface area contributed by atoms with E-state index in [9.17, 15) is 14.4 Å². The van der Waals surface area contributed by atoms with Crippen LogP contribution in [0.3, 0.4) is 0 Å². The third-order valence-corrected chi connectivity index (χ3v) is 3.99. The number of nitrogens with two attached hydrogens (primary N) is 2. The SMILES string of the molecule is CCN(N)C(=O)c1ccc(C(=O)c2ccc(C(=O)N(N)CC)cc2)cc1. The molecule has 0 unspecified atom stereocenters. The van der Waals surface area contributed by atoms with Gasteiger partial charge in [0.25, 0.3) is 11.8 Å². The lowest BCUT2D eigenvalue weighted by atomic mass is 10.0. The van der Waals surface area contributed by atoms with Gasteiger partial charge >= 0.3 is 0 Å². The Morgan fingerprint density at radius 2 is 0.923 bits per heavy atom. The molecule has 0 radical (unpaired) electrons. The van der Waals surface area contributed by atoms with Crippen LogP contribution < -0.4 is 11.7 Å². The zero-order chi connectivity index (χ0) is 19.3. The Bertz CT molecular complexity index is 733. The summed E-state index contributed by atoms with van der Waals surface area (Å²) in [6, 6.07) is 12.6. The van der Waals surface area contributed by atoms with E-state index in [4.69, 9.17) is 11.7 Å². The van der Waals surface area contributed by atoms with Crippen molar-refractivity contribution in [3.05, 3.63) is 70.8 Å². The second kappa shape index (κ2) is 8.37. The summed E-state index contributed by atoms with van der Waals surface area (Å²) in [6.45, 7) is 4.33. The summed E-state index contributed by atoms with van der Waals surface area (Å²) in [5, 5.41) is 2.20. The smallest absolute Gasteiger partial charge is 0.267 e. The molecule has 0 saturated heterocycles. The molecule has 0 aliphatic heterocycles. The molecule has 0 bridgehead atoms. The number of hydrogen-bond acceptors (Lipinski definition) is 5. The second-order valence-electron chi connectivity index (χ2n) is 5.67. The van der Waals surface area contributed by atoms with Crippen molar-refractivity contribution in [2.45, 2.75) is 13.8 Å². The summed E-state index contributed by atoms with van der Waals surface area (Å²) in [5.41, 5.74) is 1.70. The van der Waals surface area contributed by atoms with E-state index in [-0.39, 0.29) is 17.6 Å². The minimum atomic E-state index is -0.309. The Morgan fingerprint density at radius 1 is 0.654 bits per heavy atom. The van der Waals surface area contributed by atoms with Crippen molar-refractivity contribution in [1.82, 2.24) is 10.0 Å². The maximum atomic E-state index is 12.5. The lowest BCUT2D eigenvalue weighted by Crippen LogP contribution is -2.37. The highest BCUT2D eigenvalue weighted by Crippen LogP contribution is 2.14. The van der Waals surface area contributed by atoms with Crippen LogP contribution in [-0.2, 0) is 0 Å². The molecule has 7 heteroatoms. The number of hydrogen-bond donors (Lipinski definition) is 2. The molecular weight excluding hydrogens is 332 g/mol. The van der Waals surface area contributed by atoms with Crippen molar-refractivity contribution in [2.24, 2.45) is 11.7 Å². The van der Waals surface area contributed by atoms with Crippen LogP contribution in [0.4, 0.5) is 0 Å². The zero-order valence-electron chi connectivity index (χ0n) is 14.8. The van der Waals surface area contributed by atoms with Gasteiger partial charge in [-0.3, -0.25) is 24.4 Å². The van der Waals surface area contributed by atoms with Gasteiger partial charge in [-0.05, 0) is 38.1 Å². The number of benzene rings is 2. The topological polar surface area (TPSA) is 110 Å². The van der Waals surface area contributed by atoms with E-state index in [0.29, 0.717) is 35.3 Å². The minimum absolute atomic E-state index is 0.205. The third kappa shape index (κ3) is 4.14. The lowest BCUT2D eigenvalue weighted by Gasteiger charge is -2.14.